The average Bonchev–Trinajstić information content (AvgIpc) is 3.09. The van der Waals surface area contributed by atoms with Crippen LogP contribution in [0.1, 0.15) is 32.5 Å². The Bertz CT molecular complexity index is 961. The number of aryl methyl sites for hydroxylation is 1. The Labute approximate surface area is 177 Å². The second-order valence-electron chi connectivity index (χ2n) is 7.45. The minimum Gasteiger partial charge on any atom is -0.382 e. The molecule has 164 valence electrons. The number of hydrogen-bond donors (Lipinski definition) is 0. The van der Waals surface area contributed by atoms with Gasteiger partial charge in [-0.25, -0.2) is 9.36 Å². The molecule has 1 aromatic carbocycles. The molecule has 2 heterocycles. The van der Waals surface area contributed by atoms with Crippen LogP contribution >= 0.6 is 0 Å². The standard InChI is InChI=1S/C22H30N2O6/c1-15-12-23(21-19(29-11-10-27-4)16(2)17(3)30-21)22(26)24(20(15)25)14-28-13-18-8-6-5-7-9-18/h5-9,12,16-17,19,21H,10-11,13-14H2,1-4H3/t16-,17-,19-,21-/m1/s1/i3D. The molecule has 0 aliphatic carbocycles. The van der Waals surface area contributed by atoms with Crippen LogP contribution in [0.4, 0.5) is 0 Å². The summed E-state index contributed by atoms with van der Waals surface area (Å²) in [6.07, 6.45) is -0.0676. The van der Waals surface area contributed by atoms with Crippen LogP contribution in [0.25, 0.3) is 0 Å². The maximum Gasteiger partial charge on any atom is 0.335 e. The molecule has 1 aliphatic heterocycles. The van der Waals surface area contributed by atoms with Gasteiger partial charge in [0.2, 0.25) is 0 Å². The summed E-state index contributed by atoms with van der Waals surface area (Å²) in [6, 6.07) is 9.53. The van der Waals surface area contributed by atoms with E-state index >= 15 is 0 Å². The van der Waals surface area contributed by atoms with Gasteiger partial charge >= 0.3 is 5.69 Å². The summed E-state index contributed by atoms with van der Waals surface area (Å²) in [7, 11) is 1.58. The molecule has 3 rings (SSSR count). The fourth-order valence-corrected chi connectivity index (χ4v) is 3.46. The number of rotatable bonds is 9. The molecule has 0 saturated carbocycles. The van der Waals surface area contributed by atoms with Gasteiger partial charge in [0.1, 0.15) is 12.8 Å². The number of nitrogens with zero attached hydrogens (tertiary/aromatic N) is 2. The predicted molar refractivity (Wildman–Crippen MR) is 111 cm³/mol. The van der Waals surface area contributed by atoms with Crippen molar-refractivity contribution >= 4 is 0 Å². The smallest absolute Gasteiger partial charge is 0.335 e. The van der Waals surface area contributed by atoms with Crippen LogP contribution in [0.5, 0.6) is 0 Å². The predicted octanol–water partition coefficient (Wildman–Crippen LogP) is 2.08. The van der Waals surface area contributed by atoms with Gasteiger partial charge in [-0.1, -0.05) is 37.3 Å². The van der Waals surface area contributed by atoms with Crippen LogP contribution in [0.15, 0.2) is 46.1 Å². The molecule has 1 saturated heterocycles. The van der Waals surface area contributed by atoms with Gasteiger partial charge in [0.15, 0.2) is 6.23 Å². The van der Waals surface area contributed by atoms with Crippen LogP contribution < -0.4 is 11.2 Å². The van der Waals surface area contributed by atoms with Gasteiger partial charge in [-0.15, -0.1) is 0 Å². The molecule has 0 amide bonds. The summed E-state index contributed by atoms with van der Waals surface area (Å²) in [5.41, 5.74) is 0.395. The zero-order valence-electron chi connectivity index (χ0n) is 18.7. The van der Waals surface area contributed by atoms with Gasteiger partial charge < -0.3 is 18.9 Å². The largest absolute Gasteiger partial charge is 0.382 e. The summed E-state index contributed by atoms with van der Waals surface area (Å²) >= 11 is 0. The molecule has 0 spiro atoms. The van der Waals surface area contributed by atoms with Crippen LogP contribution in [0.2, 0.25) is 0 Å². The van der Waals surface area contributed by atoms with Crippen molar-refractivity contribution in [3.05, 3.63) is 68.5 Å². The van der Waals surface area contributed by atoms with E-state index < -0.39 is 23.6 Å². The summed E-state index contributed by atoms with van der Waals surface area (Å²) < 4.78 is 32.9. The Hall–Kier alpha value is -2.26. The molecule has 0 radical (unpaired) electrons. The third kappa shape index (κ3) is 4.89. The molecule has 2 aromatic rings. The van der Waals surface area contributed by atoms with Crippen LogP contribution in [-0.2, 0) is 32.3 Å². The van der Waals surface area contributed by atoms with Crippen molar-refractivity contribution in [3.8, 4) is 0 Å². The molecule has 0 unspecified atom stereocenters. The van der Waals surface area contributed by atoms with Gasteiger partial charge in [-0.05, 0) is 19.4 Å². The SMILES string of the molecule is [2H]C[C@H]1O[C@@H](n2cc(C)c(=O)n(COCc3ccccc3)c2=O)[C@H](OCCOC)[C@@H]1C. The topological polar surface area (TPSA) is 80.9 Å². The van der Waals surface area contributed by atoms with Crippen molar-refractivity contribution < 1.29 is 20.3 Å². The highest BCUT2D eigenvalue weighted by Crippen LogP contribution is 2.35. The van der Waals surface area contributed by atoms with Gasteiger partial charge in [0.05, 0.1) is 25.9 Å². The average molecular weight is 419 g/mol. The van der Waals surface area contributed by atoms with E-state index in [4.69, 9.17) is 20.3 Å². The number of ether oxygens (including phenoxy) is 4. The molecule has 4 atom stereocenters. The molecule has 0 bridgehead atoms. The molecular formula is C22H30N2O6. The maximum absolute atomic E-state index is 13.2. The summed E-state index contributed by atoms with van der Waals surface area (Å²) in [5, 5.41) is 0. The maximum atomic E-state index is 13.2. The highest BCUT2D eigenvalue weighted by atomic mass is 16.6. The molecule has 1 fully saturated rings. The Balaban J connectivity index is 1.86. The normalized spacial score (nSPS) is 24.2. The van der Waals surface area contributed by atoms with E-state index in [1.807, 2.05) is 37.3 Å². The summed E-state index contributed by atoms with van der Waals surface area (Å²) in [6.45, 7) is 4.48. The summed E-state index contributed by atoms with van der Waals surface area (Å²) in [4.78, 5) is 25.8. The lowest BCUT2D eigenvalue weighted by molar-refractivity contribution is -0.0737. The lowest BCUT2D eigenvalue weighted by Crippen LogP contribution is -2.44. The zero-order valence-corrected chi connectivity index (χ0v) is 17.7. The molecule has 8 heteroatoms. The van der Waals surface area contributed by atoms with Gasteiger partial charge in [0, 0.05) is 26.2 Å². The minimum absolute atomic E-state index is 0.0510. The third-order valence-corrected chi connectivity index (χ3v) is 5.27. The first-order valence-corrected chi connectivity index (χ1v) is 9.97. The van der Waals surface area contributed by atoms with Crippen LogP contribution in [0.3, 0.4) is 0 Å². The van der Waals surface area contributed by atoms with Gasteiger partial charge in [0.25, 0.3) is 5.56 Å². The molecule has 1 aliphatic rings. The highest BCUT2D eigenvalue weighted by molar-refractivity contribution is 5.13. The van der Waals surface area contributed by atoms with Gasteiger partial charge in [-0.3, -0.25) is 9.36 Å². The second kappa shape index (κ2) is 10.2. The van der Waals surface area contributed by atoms with Crippen LogP contribution in [0, 0.1) is 12.8 Å². The Morgan fingerprint density at radius 1 is 1.20 bits per heavy atom. The minimum atomic E-state index is -0.741. The van der Waals surface area contributed by atoms with Gasteiger partial charge in [-0.2, -0.15) is 0 Å². The monoisotopic (exact) mass is 419 g/mol. The number of hydrogen-bond acceptors (Lipinski definition) is 6. The molecule has 1 aromatic heterocycles. The summed E-state index contributed by atoms with van der Waals surface area (Å²) in [5.74, 6) is -0.0960. The van der Waals surface area contributed by atoms with E-state index in [1.165, 1.54) is 10.8 Å². The number of aromatic nitrogens is 2. The highest BCUT2D eigenvalue weighted by Gasteiger charge is 2.42. The van der Waals surface area contributed by atoms with Crippen molar-refractivity contribution in [2.45, 2.75) is 52.5 Å². The molecule has 30 heavy (non-hydrogen) atoms. The third-order valence-electron chi connectivity index (χ3n) is 5.27. The van der Waals surface area contributed by atoms with E-state index in [-0.39, 0.29) is 32.3 Å². The zero-order chi connectivity index (χ0) is 22.4. The van der Waals surface area contributed by atoms with Crippen molar-refractivity contribution in [2.75, 3.05) is 20.3 Å². The lowest BCUT2D eigenvalue weighted by Gasteiger charge is -2.24. The molecule has 8 nitrogen and oxygen atoms in total. The fourth-order valence-electron chi connectivity index (χ4n) is 3.46. The van der Waals surface area contributed by atoms with Crippen LogP contribution in [-0.4, -0.2) is 41.7 Å². The van der Waals surface area contributed by atoms with Crippen molar-refractivity contribution in [2.24, 2.45) is 5.92 Å². The lowest BCUT2D eigenvalue weighted by atomic mass is 10.0. The van der Waals surface area contributed by atoms with E-state index in [0.29, 0.717) is 18.8 Å². The van der Waals surface area contributed by atoms with Crippen molar-refractivity contribution in [3.63, 3.8) is 0 Å². The van der Waals surface area contributed by atoms with E-state index in [0.717, 1.165) is 10.1 Å². The first-order valence-electron chi connectivity index (χ1n) is 10.7. The first kappa shape index (κ1) is 21.0. The van der Waals surface area contributed by atoms with E-state index in [2.05, 4.69) is 0 Å². The second-order valence-corrected chi connectivity index (χ2v) is 7.45. The fraction of sp³-hybridized carbons (Fsp3) is 0.545. The molecule has 0 N–H and O–H groups in total. The van der Waals surface area contributed by atoms with Crippen molar-refractivity contribution in [1.82, 2.24) is 9.13 Å². The Morgan fingerprint density at radius 3 is 2.67 bits per heavy atom. The molecular weight excluding hydrogens is 388 g/mol. The first-order chi connectivity index (χ1) is 15.0. The van der Waals surface area contributed by atoms with E-state index in [9.17, 15) is 9.59 Å². The van der Waals surface area contributed by atoms with Crippen molar-refractivity contribution in [1.29, 1.82) is 0 Å². The quantitative estimate of drug-likeness (QED) is 0.579. The van der Waals surface area contributed by atoms with E-state index in [1.54, 1.807) is 14.0 Å². The Morgan fingerprint density at radius 2 is 1.97 bits per heavy atom. The Kier molecular flexibility index (Phi) is 7.11. The number of benzene rings is 1. The number of methoxy groups -OCH3 is 1.